The summed E-state index contributed by atoms with van der Waals surface area (Å²) in [5.41, 5.74) is 7.57. The molecule has 0 aromatic heterocycles. The van der Waals surface area contributed by atoms with Gasteiger partial charge in [0.25, 0.3) is 5.91 Å². The van der Waals surface area contributed by atoms with Crippen molar-refractivity contribution in [1.29, 1.82) is 0 Å². The number of allylic oxidation sites excluding steroid dienone is 1. The first-order valence-corrected chi connectivity index (χ1v) is 10.5. The molecule has 0 spiro atoms. The SMILES string of the molecule is C/C(=C1\SC(N2CCCCC2)=NC1=O)c1ccc2c(c1)Cc1ccccc1-2. The minimum atomic E-state index is -0.0816. The van der Waals surface area contributed by atoms with E-state index in [9.17, 15) is 4.79 Å². The number of piperidine rings is 1. The highest BCUT2D eigenvalue weighted by molar-refractivity contribution is 8.18. The van der Waals surface area contributed by atoms with Crippen molar-refractivity contribution >= 4 is 28.4 Å². The maximum Gasteiger partial charge on any atom is 0.286 e. The first kappa shape index (κ1) is 16.8. The normalized spacial score (nSPS) is 20.4. The van der Waals surface area contributed by atoms with Gasteiger partial charge in [0.05, 0.1) is 4.91 Å². The molecule has 0 unspecified atom stereocenters. The van der Waals surface area contributed by atoms with E-state index in [-0.39, 0.29) is 5.91 Å². The van der Waals surface area contributed by atoms with Gasteiger partial charge in [-0.15, -0.1) is 0 Å². The van der Waals surface area contributed by atoms with Gasteiger partial charge in [0.15, 0.2) is 5.17 Å². The molecule has 0 atom stereocenters. The lowest BCUT2D eigenvalue weighted by Gasteiger charge is -2.27. The zero-order chi connectivity index (χ0) is 18.4. The Hall–Kier alpha value is -2.33. The highest BCUT2D eigenvalue weighted by Gasteiger charge is 2.29. The van der Waals surface area contributed by atoms with Crippen LogP contribution < -0.4 is 0 Å². The van der Waals surface area contributed by atoms with Crippen LogP contribution in [0.4, 0.5) is 0 Å². The minimum Gasteiger partial charge on any atom is -0.351 e. The molecule has 2 aromatic rings. The van der Waals surface area contributed by atoms with E-state index in [0.717, 1.165) is 40.7 Å². The van der Waals surface area contributed by atoms with Gasteiger partial charge in [-0.1, -0.05) is 42.5 Å². The van der Waals surface area contributed by atoms with Crippen molar-refractivity contribution in [2.75, 3.05) is 13.1 Å². The minimum absolute atomic E-state index is 0.0816. The van der Waals surface area contributed by atoms with Crippen molar-refractivity contribution in [2.24, 2.45) is 4.99 Å². The Labute approximate surface area is 164 Å². The number of aliphatic imine (C=N–C) groups is 1. The summed E-state index contributed by atoms with van der Waals surface area (Å²) in [6.45, 7) is 4.09. The van der Waals surface area contributed by atoms with Gasteiger partial charge >= 0.3 is 0 Å². The van der Waals surface area contributed by atoms with Crippen LogP contribution in [-0.2, 0) is 11.2 Å². The fourth-order valence-electron chi connectivity index (χ4n) is 4.26. The molecule has 1 aliphatic carbocycles. The number of carbonyl (C=O) groups is 1. The third-order valence-electron chi connectivity index (χ3n) is 5.78. The number of amides is 1. The van der Waals surface area contributed by atoms with Crippen LogP contribution in [0.15, 0.2) is 52.4 Å². The number of amidine groups is 1. The summed E-state index contributed by atoms with van der Waals surface area (Å²) in [7, 11) is 0. The van der Waals surface area contributed by atoms with E-state index in [1.807, 2.05) is 0 Å². The van der Waals surface area contributed by atoms with Gasteiger partial charge in [-0.3, -0.25) is 4.79 Å². The summed E-state index contributed by atoms with van der Waals surface area (Å²) in [5.74, 6) is -0.0816. The largest absolute Gasteiger partial charge is 0.351 e. The number of hydrogen-bond donors (Lipinski definition) is 0. The molecule has 27 heavy (non-hydrogen) atoms. The molecule has 3 nitrogen and oxygen atoms in total. The molecule has 5 rings (SSSR count). The van der Waals surface area contributed by atoms with Gasteiger partial charge in [0, 0.05) is 13.1 Å². The van der Waals surface area contributed by atoms with E-state index in [1.54, 1.807) is 11.8 Å². The van der Waals surface area contributed by atoms with Crippen LogP contribution >= 0.6 is 11.8 Å². The highest BCUT2D eigenvalue weighted by atomic mass is 32.2. The van der Waals surface area contributed by atoms with Gasteiger partial charge < -0.3 is 4.90 Å². The summed E-state index contributed by atoms with van der Waals surface area (Å²) in [4.78, 5) is 20.0. The van der Waals surface area contributed by atoms with Crippen LogP contribution in [0.25, 0.3) is 16.7 Å². The molecule has 0 bridgehead atoms. The van der Waals surface area contributed by atoms with Crippen molar-refractivity contribution in [3.8, 4) is 11.1 Å². The molecule has 1 fully saturated rings. The lowest BCUT2D eigenvalue weighted by Crippen LogP contribution is -2.33. The number of fused-ring (bicyclic) bond motifs is 3. The fourth-order valence-corrected chi connectivity index (χ4v) is 5.29. The maximum atomic E-state index is 12.6. The molecule has 0 N–H and O–H groups in total. The van der Waals surface area contributed by atoms with Crippen molar-refractivity contribution in [3.63, 3.8) is 0 Å². The van der Waals surface area contributed by atoms with Crippen LogP contribution in [0, 0.1) is 0 Å². The average molecular weight is 375 g/mol. The van der Waals surface area contributed by atoms with E-state index in [2.05, 4.69) is 59.3 Å². The fraction of sp³-hybridized carbons (Fsp3) is 0.304. The third-order valence-corrected chi connectivity index (χ3v) is 7.00. The second-order valence-electron chi connectivity index (χ2n) is 7.51. The van der Waals surface area contributed by atoms with E-state index >= 15 is 0 Å². The summed E-state index contributed by atoms with van der Waals surface area (Å²) >= 11 is 1.55. The van der Waals surface area contributed by atoms with Crippen molar-refractivity contribution in [1.82, 2.24) is 4.90 Å². The monoisotopic (exact) mass is 374 g/mol. The van der Waals surface area contributed by atoms with Crippen LogP contribution in [0.1, 0.15) is 42.9 Å². The smallest absolute Gasteiger partial charge is 0.286 e. The van der Waals surface area contributed by atoms with E-state index < -0.39 is 0 Å². The summed E-state index contributed by atoms with van der Waals surface area (Å²) < 4.78 is 0. The average Bonchev–Trinajstić information content (AvgIpc) is 3.28. The second-order valence-corrected chi connectivity index (χ2v) is 8.49. The Bertz CT molecular complexity index is 999. The number of nitrogens with zero attached hydrogens (tertiary/aromatic N) is 2. The number of benzene rings is 2. The molecule has 1 amide bonds. The predicted octanol–water partition coefficient (Wildman–Crippen LogP) is 5.10. The molecule has 2 aliphatic heterocycles. The lowest BCUT2D eigenvalue weighted by atomic mass is 9.99. The Morgan fingerprint density at radius 3 is 2.63 bits per heavy atom. The van der Waals surface area contributed by atoms with Gasteiger partial charge in [0.2, 0.25) is 0 Å². The van der Waals surface area contributed by atoms with Gasteiger partial charge in [-0.05, 0) is 77.8 Å². The molecular formula is C23H22N2OS. The Balaban J connectivity index is 1.44. The number of thioether (sulfide) groups is 1. The van der Waals surface area contributed by atoms with E-state index in [4.69, 9.17) is 0 Å². The predicted molar refractivity (Wildman–Crippen MR) is 113 cm³/mol. The molecule has 0 radical (unpaired) electrons. The Kier molecular flexibility index (Phi) is 4.16. The van der Waals surface area contributed by atoms with Gasteiger partial charge in [-0.2, -0.15) is 4.99 Å². The number of carbonyl (C=O) groups excluding carboxylic acids is 1. The zero-order valence-corrected chi connectivity index (χ0v) is 16.3. The van der Waals surface area contributed by atoms with Gasteiger partial charge in [-0.25, -0.2) is 0 Å². The quantitative estimate of drug-likeness (QED) is 0.555. The van der Waals surface area contributed by atoms with Crippen molar-refractivity contribution in [3.05, 3.63) is 64.1 Å². The van der Waals surface area contributed by atoms with Crippen LogP contribution in [0.3, 0.4) is 0 Å². The summed E-state index contributed by atoms with van der Waals surface area (Å²) in [5, 5.41) is 0.891. The number of hydrogen-bond acceptors (Lipinski definition) is 3. The standard InChI is InChI=1S/C23H22N2OS/c1-15(21-22(26)24-23(27-21)25-11-5-2-6-12-25)16-9-10-20-18(13-16)14-17-7-3-4-8-19(17)20/h3-4,7-10,13H,2,5-6,11-12,14H2,1H3/b21-15+. The first-order chi connectivity index (χ1) is 13.2. The van der Waals surface area contributed by atoms with E-state index in [1.165, 1.54) is 41.5 Å². The van der Waals surface area contributed by atoms with Crippen LogP contribution in [-0.4, -0.2) is 29.1 Å². The molecule has 2 heterocycles. The molecule has 2 aromatic carbocycles. The third kappa shape index (κ3) is 2.92. The summed E-state index contributed by atoms with van der Waals surface area (Å²) in [6.07, 6.45) is 4.63. The molecular weight excluding hydrogens is 352 g/mol. The lowest BCUT2D eigenvalue weighted by molar-refractivity contribution is -0.113. The highest BCUT2D eigenvalue weighted by Crippen LogP contribution is 2.40. The van der Waals surface area contributed by atoms with E-state index in [0.29, 0.717) is 0 Å². The van der Waals surface area contributed by atoms with Gasteiger partial charge in [0.1, 0.15) is 0 Å². The molecule has 4 heteroatoms. The maximum absolute atomic E-state index is 12.6. The topological polar surface area (TPSA) is 32.7 Å². The van der Waals surface area contributed by atoms with Crippen molar-refractivity contribution < 1.29 is 4.79 Å². The Morgan fingerprint density at radius 1 is 1.00 bits per heavy atom. The number of rotatable bonds is 1. The van der Waals surface area contributed by atoms with Crippen LogP contribution in [0.5, 0.6) is 0 Å². The molecule has 136 valence electrons. The molecule has 1 saturated heterocycles. The molecule has 3 aliphatic rings. The summed E-state index contributed by atoms with van der Waals surface area (Å²) in [6, 6.07) is 15.2. The second kappa shape index (κ2) is 6.68. The van der Waals surface area contributed by atoms with Crippen molar-refractivity contribution in [2.45, 2.75) is 32.6 Å². The molecule has 0 saturated carbocycles. The number of likely N-dealkylation sites (tertiary alicyclic amines) is 1. The van der Waals surface area contributed by atoms with Crippen LogP contribution in [0.2, 0.25) is 0 Å². The first-order valence-electron chi connectivity index (χ1n) is 9.69. The Morgan fingerprint density at radius 2 is 1.78 bits per heavy atom. The zero-order valence-electron chi connectivity index (χ0n) is 15.5.